The van der Waals surface area contributed by atoms with Crippen LogP contribution in [0.2, 0.25) is 0 Å². The average Bonchev–Trinajstić information content (AvgIpc) is 3.02. The van der Waals surface area contributed by atoms with Gasteiger partial charge in [0.15, 0.2) is 5.88 Å². The van der Waals surface area contributed by atoms with E-state index < -0.39 is 25.8 Å². The molecule has 1 aromatic carbocycles. The minimum absolute atomic E-state index is 0.0665. The van der Waals surface area contributed by atoms with Crippen molar-refractivity contribution in [2.24, 2.45) is 9.36 Å². The second-order valence-corrected chi connectivity index (χ2v) is 10.0. The lowest BCUT2D eigenvalue weighted by Crippen LogP contribution is -2.59. The van der Waals surface area contributed by atoms with Gasteiger partial charge in [0.2, 0.25) is 0 Å². The Morgan fingerprint density at radius 3 is 2.96 bits per heavy atom. The largest absolute Gasteiger partial charge is 0.495 e. The zero-order valence-electron chi connectivity index (χ0n) is 14.7. The highest BCUT2D eigenvalue weighted by molar-refractivity contribution is 7.96. The van der Waals surface area contributed by atoms with Gasteiger partial charge in [-0.15, -0.1) is 6.42 Å². The van der Waals surface area contributed by atoms with Crippen LogP contribution in [-0.2, 0) is 15.3 Å². The van der Waals surface area contributed by atoms with Crippen molar-refractivity contribution in [1.82, 2.24) is 5.32 Å². The molecule has 0 aromatic heterocycles. The second kappa shape index (κ2) is 5.34. The van der Waals surface area contributed by atoms with Crippen molar-refractivity contribution in [3.63, 3.8) is 0 Å². The predicted molar refractivity (Wildman–Crippen MR) is 99.9 cm³/mol. The SMILES string of the molecule is C#Cc1ccc(F)c([C@]2(C)C[S@](=O)(=NC)C34CCC(=C(O)NC3=N2)C4)c1. The van der Waals surface area contributed by atoms with Gasteiger partial charge in [0.05, 0.1) is 15.5 Å². The number of halogens is 1. The van der Waals surface area contributed by atoms with Crippen LogP contribution in [0.4, 0.5) is 4.39 Å². The van der Waals surface area contributed by atoms with Crippen molar-refractivity contribution in [1.29, 1.82) is 0 Å². The molecule has 0 saturated heterocycles. The fraction of sp³-hybridized carbons (Fsp3) is 0.421. The molecule has 2 aliphatic heterocycles. The highest BCUT2D eigenvalue weighted by Crippen LogP contribution is 2.50. The van der Waals surface area contributed by atoms with Crippen LogP contribution in [-0.4, -0.2) is 32.7 Å². The third-order valence-corrected chi connectivity index (χ3v) is 9.09. The maximum absolute atomic E-state index is 14.6. The highest BCUT2D eigenvalue weighted by atomic mass is 32.2. The molecule has 1 aromatic rings. The fourth-order valence-corrected chi connectivity index (χ4v) is 7.31. The smallest absolute Gasteiger partial charge is 0.188 e. The van der Waals surface area contributed by atoms with Crippen LogP contribution in [0.3, 0.4) is 0 Å². The number of aliphatic hydroxyl groups is 1. The summed E-state index contributed by atoms with van der Waals surface area (Å²) in [4.78, 5) is 4.77. The van der Waals surface area contributed by atoms with E-state index in [4.69, 9.17) is 11.4 Å². The summed E-state index contributed by atoms with van der Waals surface area (Å²) in [6.45, 7) is 1.74. The van der Waals surface area contributed by atoms with Crippen LogP contribution in [0.25, 0.3) is 0 Å². The number of aliphatic hydroxyl groups excluding tert-OH is 1. The molecule has 1 unspecified atom stereocenters. The molecule has 1 saturated carbocycles. The Labute approximate surface area is 152 Å². The minimum Gasteiger partial charge on any atom is -0.495 e. The van der Waals surface area contributed by atoms with E-state index in [9.17, 15) is 13.7 Å². The third-order valence-electron chi connectivity index (χ3n) is 5.79. The molecule has 2 N–H and O–H groups in total. The van der Waals surface area contributed by atoms with Gasteiger partial charge in [-0.25, -0.2) is 13.0 Å². The Balaban J connectivity index is 1.97. The maximum atomic E-state index is 14.6. The van der Waals surface area contributed by atoms with Gasteiger partial charge in [-0.05, 0) is 50.0 Å². The number of nitrogens with one attached hydrogen (secondary N) is 1. The molecule has 1 spiro atoms. The molecule has 7 heteroatoms. The number of fused-ring (bicyclic) bond motifs is 1. The van der Waals surface area contributed by atoms with Crippen LogP contribution in [0.15, 0.2) is 39.0 Å². The molecule has 4 rings (SSSR count). The monoisotopic (exact) mass is 373 g/mol. The van der Waals surface area contributed by atoms with Gasteiger partial charge in [-0.3, -0.25) is 4.99 Å². The molecule has 26 heavy (non-hydrogen) atoms. The summed E-state index contributed by atoms with van der Waals surface area (Å²) in [6.07, 6.45) is 7.20. The number of hydrogen-bond donors (Lipinski definition) is 2. The van der Waals surface area contributed by atoms with Crippen LogP contribution >= 0.6 is 0 Å². The van der Waals surface area contributed by atoms with Crippen molar-refractivity contribution in [3.05, 3.63) is 46.6 Å². The number of benzene rings is 1. The second-order valence-electron chi connectivity index (χ2n) is 7.29. The Bertz CT molecular complexity index is 1050. The Hall–Kier alpha value is -2.33. The van der Waals surface area contributed by atoms with Gasteiger partial charge < -0.3 is 10.4 Å². The maximum Gasteiger partial charge on any atom is 0.188 e. The summed E-state index contributed by atoms with van der Waals surface area (Å²) in [5.74, 6) is 2.66. The number of hydrogen-bond acceptors (Lipinski definition) is 5. The van der Waals surface area contributed by atoms with Crippen molar-refractivity contribution < 1.29 is 13.7 Å². The van der Waals surface area contributed by atoms with Crippen LogP contribution < -0.4 is 5.32 Å². The average molecular weight is 373 g/mol. The minimum atomic E-state index is -2.75. The van der Waals surface area contributed by atoms with E-state index in [1.54, 1.807) is 20.0 Å². The number of allylic oxidation sites excluding steroid dienone is 1. The van der Waals surface area contributed by atoms with Crippen LogP contribution in [0.1, 0.15) is 37.3 Å². The molecule has 2 bridgehead atoms. The summed E-state index contributed by atoms with van der Waals surface area (Å²) in [5.41, 5.74) is 0.581. The standard InChI is InChI=1S/C19H20FN3O2S/c1-4-12-5-6-15(20)14(9-12)18(2)11-26(25,21-3)19-8-7-13(10-19)16(24)22-17(19)23-18/h1,5-6,9,24H,7-8,10-11H2,2-3H3,(H,22,23)/t18-,19?,26+/m0/s1. The first-order chi connectivity index (χ1) is 12.3. The summed E-state index contributed by atoms with van der Waals surface area (Å²) < 4.78 is 32.1. The van der Waals surface area contributed by atoms with Gasteiger partial charge in [0.1, 0.15) is 21.9 Å². The molecule has 2 heterocycles. The number of terminal acetylenes is 1. The lowest BCUT2D eigenvalue weighted by Gasteiger charge is -2.44. The molecule has 0 amide bonds. The molecule has 136 valence electrons. The molecule has 1 aliphatic carbocycles. The lowest BCUT2D eigenvalue weighted by atomic mass is 9.91. The first-order valence-corrected chi connectivity index (χ1v) is 10.1. The molecule has 5 nitrogen and oxygen atoms in total. The van der Waals surface area contributed by atoms with E-state index in [1.807, 2.05) is 0 Å². The van der Waals surface area contributed by atoms with Crippen molar-refractivity contribution in [2.75, 3.05) is 12.8 Å². The predicted octanol–water partition coefficient (Wildman–Crippen LogP) is 2.83. The number of nitrogens with zero attached hydrogens (tertiary/aromatic N) is 2. The Morgan fingerprint density at radius 2 is 2.27 bits per heavy atom. The summed E-state index contributed by atoms with van der Waals surface area (Å²) in [6, 6.07) is 4.41. The van der Waals surface area contributed by atoms with Gasteiger partial charge >= 0.3 is 0 Å². The van der Waals surface area contributed by atoms with E-state index in [-0.39, 0.29) is 11.6 Å². The van der Waals surface area contributed by atoms with Gasteiger partial charge in [0.25, 0.3) is 0 Å². The molecular weight excluding hydrogens is 353 g/mol. The van der Waals surface area contributed by atoms with Crippen molar-refractivity contribution >= 4 is 15.6 Å². The first kappa shape index (κ1) is 17.1. The zero-order valence-corrected chi connectivity index (χ0v) is 15.5. The normalized spacial score (nSPS) is 35.2. The summed E-state index contributed by atoms with van der Waals surface area (Å²) in [5, 5.41) is 13.1. The van der Waals surface area contributed by atoms with Crippen LogP contribution in [0.5, 0.6) is 0 Å². The molecule has 0 radical (unpaired) electrons. The van der Waals surface area contributed by atoms with Gasteiger partial charge in [-0.2, -0.15) is 0 Å². The Kier molecular flexibility index (Phi) is 3.51. The van der Waals surface area contributed by atoms with Gasteiger partial charge in [0, 0.05) is 18.2 Å². The third kappa shape index (κ3) is 2.08. The Morgan fingerprint density at radius 1 is 1.50 bits per heavy atom. The molecule has 1 fully saturated rings. The number of aliphatic imine (C=N–C) groups is 1. The summed E-state index contributed by atoms with van der Waals surface area (Å²) >= 11 is 0. The molecule has 3 aliphatic rings. The summed E-state index contributed by atoms with van der Waals surface area (Å²) in [7, 11) is -1.20. The topological polar surface area (TPSA) is 74.0 Å². The van der Waals surface area contributed by atoms with Crippen LogP contribution in [0, 0.1) is 18.2 Å². The zero-order chi connectivity index (χ0) is 18.7. The van der Waals surface area contributed by atoms with E-state index in [1.165, 1.54) is 12.1 Å². The first-order valence-electron chi connectivity index (χ1n) is 8.44. The van der Waals surface area contributed by atoms with E-state index in [0.29, 0.717) is 36.2 Å². The highest BCUT2D eigenvalue weighted by Gasteiger charge is 2.58. The van der Waals surface area contributed by atoms with E-state index >= 15 is 0 Å². The molecular formula is C19H20FN3O2S. The number of rotatable bonds is 1. The molecule has 3 atom stereocenters. The fourth-order valence-electron chi connectivity index (χ4n) is 4.35. The van der Waals surface area contributed by atoms with E-state index in [0.717, 1.165) is 5.57 Å². The van der Waals surface area contributed by atoms with Crippen molar-refractivity contribution in [2.45, 2.75) is 36.5 Å². The van der Waals surface area contributed by atoms with Crippen molar-refractivity contribution in [3.8, 4) is 12.3 Å². The lowest BCUT2D eigenvalue weighted by molar-refractivity contribution is 0.368. The quantitative estimate of drug-likeness (QED) is 0.744. The van der Waals surface area contributed by atoms with Gasteiger partial charge in [-0.1, -0.05) is 5.92 Å². The number of amidine groups is 1. The van der Waals surface area contributed by atoms with E-state index in [2.05, 4.69) is 15.6 Å².